The number of nitrogens with one attached hydrogen (secondary N) is 1. The molecule has 0 aromatic heterocycles. The average Bonchev–Trinajstić information content (AvgIpc) is 2.16. The van der Waals surface area contributed by atoms with E-state index in [0.29, 0.717) is 12.0 Å². The summed E-state index contributed by atoms with van der Waals surface area (Å²) in [4.78, 5) is 0. The van der Waals surface area contributed by atoms with Gasteiger partial charge < -0.3 is 5.32 Å². The summed E-state index contributed by atoms with van der Waals surface area (Å²) < 4.78 is 12.9. The Labute approximate surface area is 91.7 Å². The molecule has 0 spiro atoms. The van der Waals surface area contributed by atoms with Crippen LogP contribution in [0.4, 0.5) is 4.39 Å². The Kier molecular flexibility index (Phi) is 4.28. The van der Waals surface area contributed by atoms with Crippen LogP contribution in [0.15, 0.2) is 18.2 Å². The predicted molar refractivity (Wildman–Crippen MR) is 62.5 cm³/mol. The van der Waals surface area contributed by atoms with Gasteiger partial charge in [0.2, 0.25) is 0 Å². The topological polar surface area (TPSA) is 12.0 Å². The molecule has 0 saturated carbocycles. The van der Waals surface area contributed by atoms with E-state index in [1.165, 1.54) is 11.6 Å². The maximum absolute atomic E-state index is 12.9. The van der Waals surface area contributed by atoms with Crippen molar-refractivity contribution < 1.29 is 4.39 Å². The zero-order chi connectivity index (χ0) is 11.4. The van der Waals surface area contributed by atoms with Crippen LogP contribution < -0.4 is 5.32 Å². The zero-order valence-corrected chi connectivity index (χ0v) is 9.97. The molecular formula is C13H20FN. The fraction of sp³-hybridized carbons (Fsp3) is 0.538. The molecule has 0 aliphatic heterocycles. The van der Waals surface area contributed by atoms with Gasteiger partial charge in [-0.05, 0) is 49.6 Å². The van der Waals surface area contributed by atoms with Gasteiger partial charge in [-0.1, -0.05) is 19.9 Å². The normalized spacial score (nSPS) is 13.2. The molecule has 1 N–H and O–H groups in total. The lowest BCUT2D eigenvalue weighted by Gasteiger charge is -2.21. The minimum atomic E-state index is -0.151. The van der Waals surface area contributed by atoms with Crippen molar-refractivity contribution in [1.29, 1.82) is 0 Å². The van der Waals surface area contributed by atoms with E-state index in [2.05, 4.69) is 19.2 Å². The largest absolute Gasteiger partial charge is 0.316 e. The Bertz CT molecular complexity index is 320. The molecule has 1 aromatic carbocycles. The van der Waals surface area contributed by atoms with Crippen molar-refractivity contribution in [3.63, 3.8) is 0 Å². The maximum Gasteiger partial charge on any atom is 0.123 e. The second-order valence-corrected chi connectivity index (χ2v) is 4.41. The van der Waals surface area contributed by atoms with Gasteiger partial charge in [0, 0.05) is 6.04 Å². The molecule has 84 valence electrons. The highest BCUT2D eigenvalue weighted by Gasteiger charge is 2.12. The van der Waals surface area contributed by atoms with Crippen molar-refractivity contribution in [2.75, 3.05) is 7.05 Å². The van der Waals surface area contributed by atoms with E-state index >= 15 is 0 Å². The number of likely N-dealkylation sites (N-methyl/N-ethyl adjacent to an activating group) is 1. The van der Waals surface area contributed by atoms with Crippen LogP contribution in [0.2, 0.25) is 0 Å². The molecule has 1 aromatic rings. The minimum absolute atomic E-state index is 0.151. The number of rotatable bonds is 4. The Hall–Kier alpha value is -0.890. The van der Waals surface area contributed by atoms with Crippen LogP contribution >= 0.6 is 0 Å². The fourth-order valence-electron chi connectivity index (χ4n) is 1.80. The molecule has 0 fully saturated rings. The highest BCUT2D eigenvalue weighted by Crippen LogP contribution is 2.15. The third-order valence-electron chi connectivity index (χ3n) is 2.92. The second kappa shape index (κ2) is 5.26. The van der Waals surface area contributed by atoms with E-state index in [-0.39, 0.29) is 5.82 Å². The Balaban J connectivity index is 2.79. The third kappa shape index (κ3) is 3.31. The molecule has 2 heteroatoms. The van der Waals surface area contributed by atoms with Crippen molar-refractivity contribution in [3.8, 4) is 0 Å². The quantitative estimate of drug-likeness (QED) is 0.804. The molecule has 1 unspecified atom stereocenters. The van der Waals surface area contributed by atoms with Gasteiger partial charge in [0.05, 0.1) is 0 Å². The molecule has 1 rings (SSSR count). The molecule has 0 bridgehead atoms. The van der Waals surface area contributed by atoms with Crippen molar-refractivity contribution in [3.05, 3.63) is 35.1 Å². The summed E-state index contributed by atoms with van der Waals surface area (Å²) >= 11 is 0. The summed E-state index contributed by atoms with van der Waals surface area (Å²) in [5.41, 5.74) is 2.26. The van der Waals surface area contributed by atoms with Gasteiger partial charge in [-0.15, -0.1) is 0 Å². The lowest BCUT2D eigenvalue weighted by atomic mass is 9.94. The van der Waals surface area contributed by atoms with Gasteiger partial charge >= 0.3 is 0 Å². The lowest BCUT2D eigenvalue weighted by Crippen LogP contribution is -2.32. The fourth-order valence-corrected chi connectivity index (χ4v) is 1.80. The molecular weight excluding hydrogens is 189 g/mol. The molecule has 0 heterocycles. The highest BCUT2D eigenvalue weighted by atomic mass is 19.1. The minimum Gasteiger partial charge on any atom is -0.316 e. The average molecular weight is 209 g/mol. The van der Waals surface area contributed by atoms with Crippen LogP contribution in [0, 0.1) is 18.7 Å². The molecule has 0 radical (unpaired) electrons. The van der Waals surface area contributed by atoms with E-state index < -0.39 is 0 Å². The molecule has 0 aliphatic rings. The number of hydrogen-bond donors (Lipinski definition) is 1. The van der Waals surface area contributed by atoms with Crippen LogP contribution in [0.25, 0.3) is 0 Å². The van der Waals surface area contributed by atoms with Crippen LogP contribution in [0.3, 0.4) is 0 Å². The van der Waals surface area contributed by atoms with E-state index in [4.69, 9.17) is 0 Å². The van der Waals surface area contributed by atoms with Gasteiger partial charge in [0.15, 0.2) is 0 Å². The van der Waals surface area contributed by atoms with Gasteiger partial charge in [-0.2, -0.15) is 0 Å². The van der Waals surface area contributed by atoms with Crippen LogP contribution in [0.1, 0.15) is 25.0 Å². The van der Waals surface area contributed by atoms with Crippen LogP contribution in [-0.4, -0.2) is 13.1 Å². The van der Waals surface area contributed by atoms with Crippen LogP contribution in [-0.2, 0) is 6.42 Å². The Morgan fingerprint density at radius 3 is 2.47 bits per heavy atom. The van der Waals surface area contributed by atoms with Gasteiger partial charge in [-0.25, -0.2) is 4.39 Å². The first kappa shape index (κ1) is 12.2. The Morgan fingerprint density at radius 1 is 1.33 bits per heavy atom. The lowest BCUT2D eigenvalue weighted by molar-refractivity contribution is 0.424. The first-order valence-corrected chi connectivity index (χ1v) is 5.47. The molecule has 0 amide bonds. The first-order chi connectivity index (χ1) is 7.04. The smallest absolute Gasteiger partial charge is 0.123 e. The third-order valence-corrected chi connectivity index (χ3v) is 2.92. The number of benzene rings is 1. The monoisotopic (exact) mass is 209 g/mol. The molecule has 0 aliphatic carbocycles. The van der Waals surface area contributed by atoms with Gasteiger partial charge in [0.1, 0.15) is 5.82 Å². The van der Waals surface area contributed by atoms with Crippen molar-refractivity contribution in [2.45, 2.75) is 33.2 Å². The van der Waals surface area contributed by atoms with E-state index in [9.17, 15) is 4.39 Å². The van der Waals surface area contributed by atoms with Crippen molar-refractivity contribution >= 4 is 0 Å². The molecule has 1 nitrogen and oxygen atoms in total. The predicted octanol–water partition coefficient (Wildman–Crippen LogP) is 2.92. The second-order valence-electron chi connectivity index (χ2n) is 4.41. The van der Waals surface area contributed by atoms with E-state index in [0.717, 1.165) is 12.0 Å². The van der Waals surface area contributed by atoms with Crippen LogP contribution in [0.5, 0.6) is 0 Å². The maximum atomic E-state index is 12.9. The van der Waals surface area contributed by atoms with Crippen molar-refractivity contribution in [1.82, 2.24) is 5.32 Å². The molecule has 1 atom stereocenters. The van der Waals surface area contributed by atoms with Crippen molar-refractivity contribution in [2.24, 2.45) is 5.92 Å². The SMILES string of the molecule is CNC(Cc1ccc(F)cc1C)C(C)C. The van der Waals surface area contributed by atoms with Gasteiger partial charge in [-0.3, -0.25) is 0 Å². The standard InChI is InChI=1S/C13H20FN/c1-9(2)13(15-4)8-11-5-6-12(14)7-10(11)3/h5-7,9,13,15H,8H2,1-4H3. The number of halogens is 1. The first-order valence-electron chi connectivity index (χ1n) is 5.47. The Morgan fingerprint density at radius 2 is 2.00 bits per heavy atom. The molecule has 0 saturated heterocycles. The summed E-state index contributed by atoms with van der Waals surface area (Å²) in [6.45, 7) is 6.35. The van der Waals surface area contributed by atoms with Gasteiger partial charge in [0.25, 0.3) is 0 Å². The highest BCUT2D eigenvalue weighted by molar-refractivity contribution is 5.27. The number of aryl methyl sites for hydroxylation is 1. The van der Waals surface area contributed by atoms with E-state index in [1.54, 1.807) is 6.07 Å². The zero-order valence-electron chi connectivity index (χ0n) is 9.97. The summed E-state index contributed by atoms with van der Waals surface area (Å²) in [5.74, 6) is 0.432. The summed E-state index contributed by atoms with van der Waals surface area (Å²) in [6, 6.07) is 5.48. The molecule has 15 heavy (non-hydrogen) atoms. The summed E-state index contributed by atoms with van der Waals surface area (Å²) in [7, 11) is 1.98. The van der Waals surface area contributed by atoms with E-state index in [1.807, 2.05) is 20.0 Å². The summed E-state index contributed by atoms with van der Waals surface area (Å²) in [6.07, 6.45) is 0.959. The summed E-state index contributed by atoms with van der Waals surface area (Å²) in [5, 5.41) is 3.30. The number of hydrogen-bond acceptors (Lipinski definition) is 1.